The number of aromatic nitrogens is 5. The Morgan fingerprint density at radius 3 is 2.64 bits per heavy atom. The summed E-state index contributed by atoms with van der Waals surface area (Å²) in [5, 5.41) is 26.3. The number of hydrogen-bond donors (Lipinski definition) is 1. The Hall–Kier alpha value is -4.70. The molecule has 0 aliphatic carbocycles. The molecule has 0 aromatic carbocycles. The zero-order valence-corrected chi connectivity index (χ0v) is 20.8. The standard InChI is InChI=1S/C26H26N8O2/c1-16-8-23(31-18(3)30-16)32-24-10-20-9-19(6-7-34(20)33-24)21-11-25(36-17(2)12-27)29-13-22(21)35-15-26(4,5)14-28/h6-11,13,17H,15H2,1-5H3,(H,30,31,32,33). The lowest BCUT2D eigenvalue weighted by Gasteiger charge is -2.19. The second kappa shape index (κ2) is 9.88. The highest BCUT2D eigenvalue weighted by atomic mass is 16.5. The monoisotopic (exact) mass is 482 g/mol. The third-order valence-electron chi connectivity index (χ3n) is 5.21. The molecule has 10 nitrogen and oxygen atoms in total. The fourth-order valence-electron chi connectivity index (χ4n) is 3.46. The number of fused-ring (bicyclic) bond motifs is 1. The van der Waals surface area contributed by atoms with Gasteiger partial charge in [0.25, 0.3) is 0 Å². The molecular formula is C26H26N8O2. The van der Waals surface area contributed by atoms with E-state index in [2.05, 4.69) is 31.4 Å². The van der Waals surface area contributed by atoms with Gasteiger partial charge in [0.05, 0.1) is 23.2 Å². The Morgan fingerprint density at radius 2 is 1.92 bits per heavy atom. The van der Waals surface area contributed by atoms with Crippen LogP contribution in [0.25, 0.3) is 16.6 Å². The number of pyridine rings is 2. The summed E-state index contributed by atoms with van der Waals surface area (Å²) < 4.78 is 13.4. The molecule has 4 aromatic rings. The third kappa shape index (κ3) is 5.68. The number of rotatable bonds is 8. The Kier molecular flexibility index (Phi) is 6.71. The Balaban J connectivity index is 1.69. The minimum Gasteiger partial charge on any atom is -0.490 e. The fraction of sp³-hybridized carbons (Fsp3) is 0.308. The van der Waals surface area contributed by atoms with Crippen LogP contribution in [0.1, 0.15) is 32.3 Å². The predicted molar refractivity (Wildman–Crippen MR) is 134 cm³/mol. The largest absolute Gasteiger partial charge is 0.490 e. The van der Waals surface area contributed by atoms with Crippen molar-refractivity contribution in [2.24, 2.45) is 5.41 Å². The van der Waals surface area contributed by atoms with Crippen molar-refractivity contribution in [3.8, 4) is 34.9 Å². The van der Waals surface area contributed by atoms with Crippen LogP contribution in [0.3, 0.4) is 0 Å². The van der Waals surface area contributed by atoms with Crippen LogP contribution in [-0.4, -0.2) is 37.3 Å². The van der Waals surface area contributed by atoms with E-state index in [1.54, 1.807) is 37.5 Å². The van der Waals surface area contributed by atoms with Crippen LogP contribution in [-0.2, 0) is 0 Å². The van der Waals surface area contributed by atoms with Crippen LogP contribution in [0.4, 0.5) is 11.6 Å². The summed E-state index contributed by atoms with van der Waals surface area (Å²) in [6.45, 7) is 9.20. The van der Waals surface area contributed by atoms with Crippen molar-refractivity contribution in [2.45, 2.75) is 40.7 Å². The van der Waals surface area contributed by atoms with E-state index in [0.717, 1.165) is 22.3 Å². The summed E-state index contributed by atoms with van der Waals surface area (Å²) in [5.41, 5.74) is 2.59. The summed E-state index contributed by atoms with van der Waals surface area (Å²) in [5.74, 6) is 2.79. The second-order valence-electron chi connectivity index (χ2n) is 9.07. The molecule has 0 aliphatic rings. The summed E-state index contributed by atoms with van der Waals surface area (Å²) in [6, 6.07) is 13.6. The van der Waals surface area contributed by atoms with Gasteiger partial charge in [-0.2, -0.15) is 15.6 Å². The molecule has 4 aromatic heterocycles. The minimum absolute atomic E-state index is 0.188. The molecule has 0 amide bonds. The predicted octanol–water partition coefficient (Wildman–Crippen LogP) is 4.77. The minimum atomic E-state index is -0.671. The molecule has 182 valence electrons. The van der Waals surface area contributed by atoms with Gasteiger partial charge in [-0.05, 0) is 52.3 Å². The maximum atomic E-state index is 9.37. The molecule has 4 rings (SSSR count). The van der Waals surface area contributed by atoms with Crippen LogP contribution in [0, 0.1) is 41.9 Å². The van der Waals surface area contributed by atoms with Crippen LogP contribution in [0.15, 0.2) is 42.7 Å². The molecule has 1 unspecified atom stereocenters. The number of nitrogens with zero attached hydrogens (tertiary/aromatic N) is 7. The van der Waals surface area contributed by atoms with Crippen molar-refractivity contribution in [1.82, 2.24) is 24.6 Å². The molecule has 0 saturated heterocycles. The lowest BCUT2D eigenvalue weighted by molar-refractivity contribution is 0.225. The van der Waals surface area contributed by atoms with Crippen molar-refractivity contribution in [3.63, 3.8) is 0 Å². The molecule has 36 heavy (non-hydrogen) atoms. The van der Waals surface area contributed by atoms with Gasteiger partial charge in [-0.3, -0.25) is 0 Å². The van der Waals surface area contributed by atoms with Crippen molar-refractivity contribution < 1.29 is 9.47 Å². The molecule has 0 spiro atoms. The van der Waals surface area contributed by atoms with Crippen molar-refractivity contribution >= 4 is 17.2 Å². The summed E-state index contributed by atoms with van der Waals surface area (Å²) in [4.78, 5) is 13.0. The Labute approximate surface area is 209 Å². The van der Waals surface area contributed by atoms with Crippen LogP contribution >= 0.6 is 0 Å². The van der Waals surface area contributed by atoms with Gasteiger partial charge in [0.1, 0.15) is 30.1 Å². The maximum Gasteiger partial charge on any atom is 0.215 e. The normalized spacial score (nSPS) is 12.0. The zero-order chi connectivity index (χ0) is 25.9. The summed E-state index contributed by atoms with van der Waals surface area (Å²) in [7, 11) is 0. The summed E-state index contributed by atoms with van der Waals surface area (Å²) in [6.07, 6.45) is 2.73. The average Bonchev–Trinajstić information content (AvgIpc) is 3.23. The molecule has 4 heterocycles. The van der Waals surface area contributed by atoms with E-state index in [9.17, 15) is 5.26 Å². The zero-order valence-electron chi connectivity index (χ0n) is 20.8. The molecular weight excluding hydrogens is 456 g/mol. The van der Waals surface area contributed by atoms with Gasteiger partial charge < -0.3 is 14.8 Å². The smallest absolute Gasteiger partial charge is 0.215 e. The van der Waals surface area contributed by atoms with E-state index < -0.39 is 11.5 Å². The first-order chi connectivity index (χ1) is 17.2. The van der Waals surface area contributed by atoms with E-state index in [0.29, 0.717) is 29.1 Å². The van der Waals surface area contributed by atoms with Gasteiger partial charge in [-0.25, -0.2) is 19.5 Å². The van der Waals surface area contributed by atoms with E-state index in [1.807, 2.05) is 50.4 Å². The first-order valence-electron chi connectivity index (χ1n) is 11.4. The van der Waals surface area contributed by atoms with Gasteiger partial charge >= 0.3 is 0 Å². The molecule has 0 bridgehead atoms. The molecule has 0 fully saturated rings. The second-order valence-corrected chi connectivity index (χ2v) is 9.07. The van der Waals surface area contributed by atoms with Crippen LogP contribution in [0.2, 0.25) is 0 Å². The quantitative estimate of drug-likeness (QED) is 0.377. The number of nitriles is 2. The number of aryl methyl sites for hydroxylation is 2. The average molecular weight is 483 g/mol. The highest BCUT2D eigenvalue weighted by Crippen LogP contribution is 2.34. The molecule has 0 saturated carbocycles. The number of anilines is 2. The SMILES string of the molecule is Cc1cc(Nc2cc3cc(-c4cc(OC(C)C#N)ncc4OCC(C)(C)C#N)ccn3n2)nc(C)n1. The van der Waals surface area contributed by atoms with Gasteiger partial charge in [0.2, 0.25) is 5.88 Å². The number of hydrogen-bond acceptors (Lipinski definition) is 9. The van der Waals surface area contributed by atoms with Crippen LogP contribution < -0.4 is 14.8 Å². The highest BCUT2D eigenvalue weighted by molar-refractivity contribution is 5.75. The lowest BCUT2D eigenvalue weighted by atomic mass is 9.97. The Morgan fingerprint density at radius 1 is 1.11 bits per heavy atom. The van der Waals surface area contributed by atoms with E-state index in [1.165, 1.54) is 0 Å². The van der Waals surface area contributed by atoms with Gasteiger partial charge in [0.15, 0.2) is 11.9 Å². The molecule has 1 N–H and O–H groups in total. The van der Waals surface area contributed by atoms with E-state index in [-0.39, 0.29) is 6.61 Å². The number of nitrogens with one attached hydrogen (secondary N) is 1. The number of ether oxygens (including phenoxy) is 2. The highest BCUT2D eigenvalue weighted by Gasteiger charge is 2.20. The van der Waals surface area contributed by atoms with Gasteiger partial charge in [-0.1, -0.05) is 0 Å². The van der Waals surface area contributed by atoms with E-state index in [4.69, 9.17) is 14.7 Å². The molecule has 0 aliphatic heterocycles. The fourth-order valence-corrected chi connectivity index (χ4v) is 3.46. The van der Waals surface area contributed by atoms with Gasteiger partial charge in [0, 0.05) is 35.7 Å². The maximum absolute atomic E-state index is 9.37. The molecule has 0 radical (unpaired) electrons. The first-order valence-corrected chi connectivity index (χ1v) is 11.4. The Bertz CT molecular complexity index is 1480. The van der Waals surface area contributed by atoms with Gasteiger partial charge in [-0.15, -0.1) is 0 Å². The van der Waals surface area contributed by atoms with Crippen LogP contribution in [0.5, 0.6) is 11.6 Å². The third-order valence-corrected chi connectivity index (χ3v) is 5.21. The topological polar surface area (TPSA) is 134 Å². The van der Waals surface area contributed by atoms with Crippen molar-refractivity contribution in [3.05, 3.63) is 54.2 Å². The van der Waals surface area contributed by atoms with E-state index >= 15 is 0 Å². The van der Waals surface area contributed by atoms with Crippen molar-refractivity contribution in [2.75, 3.05) is 11.9 Å². The molecule has 1 atom stereocenters. The summed E-state index contributed by atoms with van der Waals surface area (Å²) >= 11 is 0. The van der Waals surface area contributed by atoms with Crippen molar-refractivity contribution in [1.29, 1.82) is 10.5 Å². The lowest BCUT2D eigenvalue weighted by Crippen LogP contribution is -2.19. The molecule has 10 heteroatoms. The first kappa shape index (κ1) is 24.4.